The molecule has 1 N–H and O–H groups in total. The van der Waals surface area contributed by atoms with Crippen LogP contribution in [0.25, 0.3) is 10.6 Å². The van der Waals surface area contributed by atoms with Gasteiger partial charge in [-0.15, -0.1) is 11.3 Å². The molecule has 2 heterocycles. The van der Waals surface area contributed by atoms with Gasteiger partial charge in [0.25, 0.3) is 0 Å². The molecule has 0 unspecified atom stereocenters. The highest BCUT2D eigenvalue weighted by molar-refractivity contribution is 7.13. The summed E-state index contributed by atoms with van der Waals surface area (Å²) in [5, 5.41) is 5.15. The van der Waals surface area contributed by atoms with E-state index in [9.17, 15) is 0 Å². The quantitative estimate of drug-likeness (QED) is 0.790. The molecule has 0 aromatic carbocycles. The van der Waals surface area contributed by atoms with Gasteiger partial charge in [0.15, 0.2) is 11.7 Å². The topological polar surface area (TPSA) is 38.1 Å². The summed E-state index contributed by atoms with van der Waals surface area (Å²) in [5.74, 6) is 1.71. The number of thiophene rings is 1. The summed E-state index contributed by atoms with van der Waals surface area (Å²) in [4.78, 5) is 5.40. The molecule has 0 amide bonds. The minimum atomic E-state index is 0.827. The van der Waals surface area contributed by atoms with Crippen LogP contribution in [0.4, 0.5) is 0 Å². The second-order valence-electron chi connectivity index (χ2n) is 3.30. The molecule has 0 saturated carbocycles. The number of aromatic nitrogens is 1. The van der Waals surface area contributed by atoms with Crippen LogP contribution < -0.4 is 5.32 Å². The van der Waals surface area contributed by atoms with E-state index in [4.69, 9.17) is 4.42 Å². The molecule has 0 bridgehead atoms. The molecule has 0 aliphatic rings. The van der Waals surface area contributed by atoms with Crippen molar-refractivity contribution in [2.45, 2.75) is 12.8 Å². The third kappa shape index (κ3) is 2.67. The molecule has 15 heavy (non-hydrogen) atoms. The second kappa shape index (κ2) is 5.09. The summed E-state index contributed by atoms with van der Waals surface area (Å²) in [5.41, 5.74) is 0. The number of nitrogens with zero attached hydrogens (tertiary/aromatic N) is 1. The zero-order valence-electron chi connectivity index (χ0n) is 8.69. The minimum absolute atomic E-state index is 0.827. The van der Waals surface area contributed by atoms with Gasteiger partial charge in [-0.3, -0.25) is 0 Å². The molecule has 3 nitrogen and oxygen atoms in total. The van der Waals surface area contributed by atoms with Crippen LogP contribution >= 0.6 is 11.3 Å². The third-order valence-electron chi connectivity index (χ3n) is 2.14. The van der Waals surface area contributed by atoms with E-state index in [1.165, 1.54) is 0 Å². The molecular formula is C11H14N2OS. The van der Waals surface area contributed by atoms with Crippen molar-refractivity contribution < 1.29 is 4.42 Å². The van der Waals surface area contributed by atoms with Crippen molar-refractivity contribution in [3.63, 3.8) is 0 Å². The summed E-state index contributed by atoms with van der Waals surface area (Å²) in [6.07, 6.45) is 3.76. The van der Waals surface area contributed by atoms with E-state index in [1.54, 1.807) is 17.5 Å². The molecular weight excluding hydrogens is 208 g/mol. The van der Waals surface area contributed by atoms with Crippen LogP contribution in [-0.2, 0) is 6.42 Å². The summed E-state index contributed by atoms with van der Waals surface area (Å²) in [7, 11) is 1.95. The summed E-state index contributed by atoms with van der Waals surface area (Å²) >= 11 is 1.67. The number of rotatable bonds is 5. The minimum Gasteiger partial charge on any atom is -0.440 e. The van der Waals surface area contributed by atoms with Gasteiger partial charge in [-0.2, -0.15) is 0 Å². The first kappa shape index (κ1) is 10.4. The van der Waals surface area contributed by atoms with Crippen LogP contribution in [0.3, 0.4) is 0 Å². The smallest absolute Gasteiger partial charge is 0.194 e. The predicted octanol–water partition coefficient (Wildman–Crippen LogP) is 2.56. The SMILES string of the molecule is CNCCCc1ncc(-c2cccs2)o1. The fourth-order valence-corrected chi connectivity index (χ4v) is 2.05. The molecule has 2 aromatic heterocycles. The molecule has 0 radical (unpaired) electrons. The van der Waals surface area contributed by atoms with Crippen LogP contribution in [-0.4, -0.2) is 18.6 Å². The van der Waals surface area contributed by atoms with E-state index >= 15 is 0 Å². The normalized spacial score (nSPS) is 10.7. The molecule has 0 aliphatic heterocycles. The highest BCUT2D eigenvalue weighted by atomic mass is 32.1. The zero-order chi connectivity index (χ0) is 10.5. The molecule has 0 aliphatic carbocycles. The lowest BCUT2D eigenvalue weighted by atomic mass is 10.3. The average Bonchev–Trinajstić information content (AvgIpc) is 2.87. The van der Waals surface area contributed by atoms with Crippen LogP contribution in [0.5, 0.6) is 0 Å². The number of aryl methyl sites for hydroxylation is 1. The van der Waals surface area contributed by atoms with Crippen molar-refractivity contribution in [2.24, 2.45) is 0 Å². The highest BCUT2D eigenvalue weighted by Gasteiger charge is 2.06. The Balaban J connectivity index is 1.98. The predicted molar refractivity (Wildman–Crippen MR) is 62.1 cm³/mol. The lowest BCUT2D eigenvalue weighted by Gasteiger charge is -1.95. The molecule has 4 heteroatoms. The Hall–Kier alpha value is -1.13. The summed E-state index contributed by atoms with van der Waals surface area (Å²) < 4.78 is 5.65. The first-order valence-corrected chi connectivity index (χ1v) is 5.91. The first-order chi connectivity index (χ1) is 7.40. The van der Waals surface area contributed by atoms with Gasteiger partial charge in [0, 0.05) is 6.42 Å². The van der Waals surface area contributed by atoms with Crippen molar-refractivity contribution in [1.82, 2.24) is 10.3 Å². The van der Waals surface area contributed by atoms with Gasteiger partial charge in [0.05, 0.1) is 11.1 Å². The highest BCUT2D eigenvalue weighted by Crippen LogP contribution is 2.25. The molecule has 80 valence electrons. The largest absolute Gasteiger partial charge is 0.440 e. The number of nitrogens with one attached hydrogen (secondary N) is 1. The van der Waals surface area contributed by atoms with Crippen LogP contribution in [0.15, 0.2) is 28.1 Å². The van der Waals surface area contributed by atoms with Crippen molar-refractivity contribution >= 4 is 11.3 Å². The van der Waals surface area contributed by atoms with Crippen molar-refractivity contribution in [3.8, 4) is 10.6 Å². The van der Waals surface area contributed by atoms with E-state index in [0.29, 0.717) is 0 Å². The fourth-order valence-electron chi connectivity index (χ4n) is 1.37. The molecule has 0 saturated heterocycles. The van der Waals surface area contributed by atoms with Gasteiger partial charge >= 0.3 is 0 Å². The monoisotopic (exact) mass is 222 g/mol. The number of oxazole rings is 1. The van der Waals surface area contributed by atoms with E-state index in [2.05, 4.69) is 10.3 Å². The molecule has 0 atom stereocenters. The maximum atomic E-state index is 5.65. The molecule has 2 aromatic rings. The van der Waals surface area contributed by atoms with Gasteiger partial charge in [0.2, 0.25) is 0 Å². The Morgan fingerprint density at radius 3 is 3.20 bits per heavy atom. The van der Waals surface area contributed by atoms with Crippen LogP contribution in [0, 0.1) is 0 Å². The lowest BCUT2D eigenvalue weighted by molar-refractivity contribution is 0.496. The Morgan fingerprint density at radius 1 is 1.53 bits per heavy atom. The van der Waals surface area contributed by atoms with Crippen molar-refractivity contribution in [1.29, 1.82) is 0 Å². The van der Waals surface area contributed by atoms with Crippen molar-refractivity contribution in [2.75, 3.05) is 13.6 Å². The van der Waals surface area contributed by atoms with Gasteiger partial charge in [-0.25, -0.2) is 4.98 Å². The lowest BCUT2D eigenvalue weighted by Crippen LogP contribution is -2.08. The standard InChI is InChI=1S/C11H14N2OS/c1-12-6-2-5-11-13-8-9(14-11)10-4-3-7-15-10/h3-4,7-8,12H,2,5-6H2,1H3. The first-order valence-electron chi connectivity index (χ1n) is 5.03. The van der Waals surface area contributed by atoms with Gasteiger partial charge < -0.3 is 9.73 Å². The van der Waals surface area contributed by atoms with E-state index in [1.807, 2.05) is 24.6 Å². The molecule has 2 rings (SSSR count). The maximum Gasteiger partial charge on any atom is 0.194 e. The van der Waals surface area contributed by atoms with E-state index < -0.39 is 0 Å². The zero-order valence-corrected chi connectivity index (χ0v) is 9.51. The Labute approximate surface area is 93.2 Å². The average molecular weight is 222 g/mol. The Kier molecular flexibility index (Phi) is 3.53. The Bertz CT molecular complexity index is 394. The van der Waals surface area contributed by atoms with Crippen LogP contribution in [0.2, 0.25) is 0 Å². The van der Waals surface area contributed by atoms with E-state index in [0.717, 1.165) is 35.9 Å². The van der Waals surface area contributed by atoms with Gasteiger partial charge in [0.1, 0.15) is 0 Å². The second-order valence-corrected chi connectivity index (χ2v) is 4.25. The van der Waals surface area contributed by atoms with E-state index in [-0.39, 0.29) is 0 Å². The maximum absolute atomic E-state index is 5.65. The number of hydrogen-bond acceptors (Lipinski definition) is 4. The van der Waals surface area contributed by atoms with Crippen molar-refractivity contribution in [3.05, 3.63) is 29.6 Å². The van der Waals surface area contributed by atoms with Crippen LogP contribution in [0.1, 0.15) is 12.3 Å². The molecule has 0 fully saturated rings. The third-order valence-corrected chi connectivity index (χ3v) is 3.02. The number of hydrogen-bond donors (Lipinski definition) is 1. The molecule has 0 spiro atoms. The summed E-state index contributed by atoms with van der Waals surface area (Å²) in [6, 6.07) is 4.06. The van der Waals surface area contributed by atoms with Gasteiger partial charge in [-0.05, 0) is 31.5 Å². The Morgan fingerprint density at radius 2 is 2.47 bits per heavy atom. The fraction of sp³-hybridized carbons (Fsp3) is 0.364. The van der Waals surface area contributed by atoms with Gasteiger partial charge in [-0.1, -0.05) is 6.07 Å². The summed E-state index contributed by atoms with van der Waals surface area (Å²) in [6.45, 7) is 0.997.